The minimum Gasteiger partial charge on any atom is -0.342 e. The summed E-state index contributed by atoms with van der Waals surface area (Å²) in [6, 6.07) is 22.8. The number of fused-ring (bicyclic) bond motifs is 4. The zero-order chi connectivity index (χ0) is 37.9. The molecule has 276 valence electrons. The number of pyridine rings is 3. The summed E-state index contributed by atoms with van der Waals surface area (Å²) >= 11 is 12.4. The number of likely N-dealkylation sites (tertiary alicyclic amines) is 1. The van der Waals surface area contributed by atoms with E-state index < -0.39 is 0 Å². The first kappa shape index (κ1) is 36.7. The predicted octanol–water partition coefficient (Wildman–Crippen LogP) is 8.19. The standard InChI is InChI=1S/C26H22ClN3O2.C19H17ClN2O/c27-20-5-6-21-19(14-20)15-23(31)22-4-2-10-29-26(22)25(21)18-7-11-30(12-8-18)24(32)13-17-3-1-9-28-16-17;20-14-3-4-15-13(10-14)11-17(23)16-2-1-7-22-19(16)18(15)12-5-8-21-9-6-12/h1-6,9-10,14,16H,7-8,11-13,15H2;1-4,7,10,21H,5-6,8-9,11H2. The van der Waals surface area contributed by atoms with Crippen molar-refractivity contribution in [2.24, 2.45) is 0 Å². The Bertz CT molecular complexity index is 2370. The number of rotatable bonds is 2. The van der Waals surface area contributed by atoms with Crippen molar-refractivity contribution < 1.29 is 14.4 Å². The molecule has 0 spiro atoms. The summed E-state index contributed by atoms with van der Waals surface area (Å²) < 4.78 is 0. The normalized spacial score (nSPS) is 16.5. The summed E-state index contributed by atoms with van der Waals surface area (Å²) in [6.07, 6.45) is 11.5. The van der Waals surface area contributed by atoms with Crippen LogP contribution < -0.4 is 5.32 Å². The Hall–Kier alpha value is -5.28. The number of benzene rings is 2. The van der Waals surface area contributed by atoms with Crippen LogP contribution in [0.15, 0.2) is 109 Å². The van der Waals surface area contributed by atoms with Gasteiger partial charge in [0.05, 0.1) is 17.8 Å². The van der Waals surface area contributed by atoms with Gasteiger partial charge in [-0.3, -0.25) is 29.3 Å². The van der Waals surface area contributed by atoms with E-state index in [0.717, 1.165) is 94.7 Å². The molecule has 5 aromatic rings. The summed E-state index contributed by atoms with van der Waals surface area (Å²) in [5, 5.41) is 4.69. The van der Waals surface area contributed by atoms with Gasteiger partial charge in [0.25, 0.3) is 0 Å². The molecule has 4 aliphatic rings. The number of carbonyl (C=O) groups is 3. The van der Waals surface area contributed by atoms with Crippen molar-refractivity contribution in [1.29, 1.82) is 0 Å². The van der Waals surface area contributed by atoms with E-state index in [9.17, 15) is 14.4 Å². The Morgan fingerprint density at radius 2 is 1.18 bits per heavy atom. The first-order chi connectivity index (χ1) is 26.8. The van der Waals surface area contributed by atoms with Crippen molar-refractivity contribution in [2.75, 3.05) is 26.2 Å². The summed E-state index contributed by atoms with van der Waals surface area (Å²) in [4.78, 5) is 53.7. The topological polar surface area (TPSA) is 105 Å². The van der Waals surface area contributed by atoms with Crippen LogP contribution in [0, 0.1) is 0 Å². The maximum Gasteiger partial charge on any atom is 0.227 e. The van der Waals surface area contributed by atoms with Crippen LogP contribution in [-0.2, 0) is 24.1 Å². The zero-order valence-corrected chi connectivity index (χ0v) is 31.8. The molecule has 3 aromatic heterocycles. The van der Waals surface area contributed by atoms with E-state index in [2.05, 4.69) is 20.3 Å². The van der Waals surface area contributed by atoms with Gasteiger partial charge in [0.1, 0.15) is 0 Å². The van der Waals surface area contributed by atoms with Crippen LogP contribution in [0.5, 0.6) is 0 Å². The first-order valence-corrected chi connectivity index (χ1v) is 19.5. The third-order valence-electron chi connectivity index (χ3n) is 10.8. The van der Waals surface area contributed by atoms with Gasteiger partial charge in [0.15, 0.2) is 11.6 Å². The average Bonchev–Trinajstić information content (AvgIpc) is 3.41. The Kier molecular flexibility index (Phi) is 10.8. The molecule has 2 fully saturated rings. The van der Waals surface area contributed by atoms with E-state index >= 15 is 0 Å². The van der Waals surface area contributed by atoms with Gasteiger partial charge in [0.2, 0.25) is 5.91 Å². The van der Waals surface area contributed by atoms with Gasteiger partial charge < -0.3 is 10.2 Å². The number of piperidine rings is 2. The first-order valence-electron chi connectivity index (χ1n) is 18.7. The number of nitrogens with one attached hydrogen (secondary N) is 1. The highest BCUT2D eigenvalue weighted by Gasteiger charge is 2.30. The van der Waals surface area contributed by atoms with Crippen molar-refractivity contribution in [3.63, 3.8) is 0 Å². The lowest BCUT2D eigenvalue weighted by Gasteiger charge is -2.30. The molecular formula is C45H39Cl2N5O3. The van der Waals surface area contributed by atoms with E-state index in [-0.39, 0.29) is 17.5 Å². The number of amides is 1. The minimum atomic E-state index is 0.0521. The molecule has 1 amide bonds. The molecule has 1 N–H and O–H groups in total. The van der Waals surface area contributed by atoms with Crippen LogP contribution in [0.2, 0.25) is 10.0 Å². The third kappa shape index (κ3) is 7.81. The number of carbonyl (C=O) groups excluding carboxylic acids is 3. The van der Waals surface area contributed by atoms with Gasteiger partial charge in [-0.1, -0.05) is 52.5 Å². The van der Waals surface area contributed by atoms with E-state index in [1.807, 2.05) is 77.7 Å². The Balaban J connectivity index is 0.000000164. The summed E-state index contributed by atoms with van der Waals surface area (Å²) in [5.41, 5.74) is 12.7. The van der Waals surface area contributed by atoms with Gasteiger partial charge in [0, 0.05) is 83.0 Å². The molecule has 0 radical (unpaired) electrons. The summed E-state index contributed by atoms with van der Waals surface area (Å²) in [6.45, 7) is 3.24. The Labute approximate surface area is 330 Å². The third-order valence-corrected chi connectivity index (χ3v) is 11.2. The van der Waals surface area contributed by atoms with Gasteiger partial charge in [-0.2, -0.15) is 0 Å². The number of aromatic nitrogens is 3. The predicted molar refractivity (Wildman–Crippen MR) is 215 cm³/mol. The van der Waals surface area contributed by atoms with Crippen molar-refractivity contribution >= 4 is 51.8 Å². The van der Waals surface area contributed by atoms with Crippen LogP contribution in [0.1, 0.15) is 85.6 Å². The van der Waals surface area contributed by atoms with Crippen molar-refractivity contribution in [3.05, 3.63) is 169 Å². The quantitative estimate of drug-likeness (QED) is 0.193. The highest BCUT2D eigenvalue weighted by Crippen LogP contribution is 2.40. The van der Waals surface area contributed by atoms with E-state index in [0.29, 0.717) is 48.0 Å². The van der Waals surface area contributed by atoms with Gasteiger partial charge in [-0.15, -0.1) is 0 Å². The number of ketones is 2. The largest absolute Gasteiger partial charge is 0.342 e. The lowest BCUT2D eigenvalue weighted by Crippen LogP contribution is -2.37. The highest BCUT2D eigenvalue weighted by atomic mass is 35.5. The van der Waals surface area contributed by atoms with Gasteiger partial charge in [-0.25, -0.2) is 0 Å². The maximum absolute atomic E-state index is 13.0. The number of hydrogen-bond donors (Lipinski definition) is 1. The molecule has 9 rings (SSSR count). The Morgan fingerprint density at radius 3 is 1.71 bits per heavy atom. The average molecular weight is 769 g/mol. The van der Waals surface area contributed by atoms with E-state index in [1.54, 1.807) is 24.8 Å². The maximum atomic E-state index is 13.0. The second-order valence-electron chi connectivity index (χ2n) is 14.2. The zero-order valence-electron chi connectivity index (χ0n) is 30.3. The lowest BCUT2D eigenvalue weighted by molar-refractivity contribution is -0.130. The van der Waals surface area contributed by atoms with Crippen LogP contribution in [0.4, 0.5) is 0 Å². The fourth-order valence-electron chi connectivity index (χ4n) is 8.11. The van der Waals surface area contributed by atoms with E-state index in [4.69, 9.17) is 23.2 Å². The second-order valence-corrected chi connectivity index (χ2v) is 15.1. The highest BCUT2D eigenvalue weighted by molar-refractivity contribution is 6.31. The molecule has 0 atom stereocenters. The number of nitrogens with zero attached hydrogens (tertiary/aromatic N) is 4. The van der Waals surface area contributed by atoms with Crippen LogP contribution in [0.25, 0.3) is 11.1 Å². The monoisotopic (exact) mass is 767 g/mol. The molecule has 2 saturated heterocycles. The molecular weight excluding hydrogens is 729 g/mol. The van der Waals surface area contributed by atoms with E-state index in [1.165, 1.54) is 11.1 Å². The number of halogens is 2. The van der Waals surface area contributed by atoms with Crippen LogP contribution in [-0.4, -0.2) is 63.5 Å². The van der Waals surface area contributed by atoms with Gasteiger partial charge >= 0.3 is 0 Å². The summed E-state index contributed by atoms with van der Waals surface area (Å²) in [5.74, 6) is 0.279. The molecule has 8 nitrogen and oxygen atoms in total. The Morgan fingerprint density at radius 1 is 0.655 bits per heavy atom. The van der Waals surface area contributed by atoms with Crippen molar-refractivity contribution in [2.45, 2.75) is 44.9 Å². The van der Waals surface area contributed by atoms with Crippen molar-refractivity contribution in [3.8, 4) is 0 Å². The second kappa shape index (κ2) is 16.2. The summed E-state index contributed by atoms with van der Waals surface area (Å²) in [7, 11) is 0. The molecule has 55 heavy (non-hydrogen) atoms. The van der Waals surface area contributed by atoms with Gasteiger partial charge in [-0.05, 0) is 121 Å². The van der Waals surface area contributed by atoms with Crippen LogP contribution in [0.3, 0.4) is 0 Å². The molecule has 10 heteroatoms. The molecule has 2 aromatic carbocycles. The fraction of sp³-hybridized carbons (Fsp3) is 0.244. The molecule has 0 bridgehead atoms. The van der Waals surface area contributed by atoms with Crippen LogP contribution >= 0.6 is 23.2 Å². The molecule has 2 aliphatic heterocycles. The van der Waals surface area contributed by atoms with Crippen molar-refractivity contribution in [1.82, 2.24) is 25.2 Å². The minimum absolute atomic E-state index is 0.0521. The lowest BCUT2D eigenvalue weighted by atomic mass is 9.88. The number of hydrogen-bond acceptors (Lipinski definition) is 7. The molecule has 0 saturated carbocycles. The smallest absolute Gasteiger partial charge is 0.227 e. The molecule has 5 heterocycles. The molecule has 2 aliphatic carbocycles. The fourth-order valence-corrected chi connectivity index (χ4v) is 8.50. The number of Topliss-reactive ketones (excluding diaryl/α,β-unsaturated/α-hetero) is 2. The SMILES string of the molecule is O=C1Cc2cc(Cl)ccc2C(=C2CCN(C(=O)Cc3cccnc3)CC2)c2ncccc21.O=C1Cc2cc(Cl)ccc2C(=C2CCNCC2)c2ncccc21. The molecule has 0 unspecified atom stereocenters.